The standard InChI is InChI=1S/C17H19FINO/c1-12(2)20-10-14-9-15(18)5-8-17(14)21-11-13-3-6-16(19)7-4-13/h3-9,12,20H,10-11H2,1-2H3. The lowest BCUT2D eigenvalue weighted by Gasteiger charge is -2.14. The van der Waals surface area contributed by atoms with E-state index in [1.807, 2.05) is 24.3 Å². The molecule has 0 fully saturated rings. The van der Waals surface area contributed by atoms with Crippen LogP contribution in [0.15, 0.2) is 42.5 Å². The summed E-state index contributed by atoms with van der Waals surface area (Å²) in [6.45, 7) is 5.20. The van der Waals surface area contributed by atoms with E-state index in [1.165, 1.54) is 15.7 Å². The van der Waals surface area contributed by atoms with Crippen LogP contribution in [0, 0.1) is 9.39 Å². The zero-order chi connectivity index (χ0) is 15.2. The summed E-state index contributed by atoms with van der Waals surface area (Å²) in [7, 11) is 0. The lowest BCUT2D eigenvalue weighted by atomic mass is 10.2. The Balaban J connectivity index is 2.06. The van der Waals surface area contributed by atoms with Crippen LogP contribution in [0.4, 0.5) is 4.39 Å². The second kappa shape index (κ2) is 7.75. The van der Waals surface area contributed by atoms with Gasteiger partial charge >= 0.3 is 0 Å². The summed E-state index contributed by atoms with van der Waals surface area (Å²) in [6.07, 6.45) is 0. The molecule has 2 aromatic carbocycles. The fraction of sp³-hybridized carbons (Fsp3) is 0.294. The van der Waals surface area contributed by atoms with Crippen molar-refractivity contribution in [3.05, 3.63) is 63.0 Å². The number of rotatable bonds is 6. The fourth-order valence-corrected chi connectivity index (χ4v) is 2.24. The van der Waals surface area contributed by atoms with Gasteiger partial charge in [-0.25, -0.2) is 4.39 Å². The monoisotopic (exact) mass is 399 g/mol. The first-order valence-corrected chi connectivity index (χ1v) is 8.01. The Labute approximate surface area is 138 Å². The maximum Gasteiger partial charge on any atom is 0.124 e. The first kappa shape index (κ1) is 16.2. The molecule has 0 radical (unpaired) electrons. The minimum absolute atomic E-state index is 0.239. The SMILES string of the molecule is CC(C)NCc1cc(F)ccc1OCc1ccc(I)cc1. The van der Waals surface area contributed by atoms with Crippen molar-refractivity contribution < 1.29 is 9.13 Å². The van der Waals surface area contributed by atoms with E-state index in [2.05, 4.69) is 41.8 Å². The number of benzene rings is 2. The van der Waals surface area contributed by atoms with Crippen LogP contribution in [0.1, 0.15) is 25.0 Å². The van der Waals surface area contributed by atoms with Gasteiger partial charge in [0.2, 0.25) is 0 Å². The minimum Gasteiger partial charge on any atom is -0.489 e. The molecule has 0 saturated heterocycles. The van der Waals surface area contributed by atoms with Crippen LogP contribution in [-0.2, 0) is 13.2 Å². The summed E-state index contributed by atoms with van der Waals surface area (Å²) < 4.78 is 20.4. The Hall–Kier alpha value is -1.14. The summed E-state index contributed by atoms with van der Waals surface area (Å²) in [5.41, 5.74) is 1.94. The molecule has 2 rings (SSSR count). The zero-order valence-electron chi connectivity index (χ0n) is 12.2. The Kier molecular flexibility index (Phi) is 5.99. The number of hydrogen-bond donors (Lipinski definition) is 1. The molecule has 0 spiro atoms. The van der Waals surface area contributed by atoms with Gasteiger partial charge in [0.15, 0.2) is 0 Å². The van der Waals surface area contributed by atoms with Crippen molar-refractivity contribution in [3.63, 3.8) is 0 Å². The molecular weight excluding hydrogens is 380 g/mol. The van der Waals surface area contributed by atoms with Gasteiger partial charge < -0.3 is 10.1 Å². The van der Waals surface area contributed by atoms with Gasteiger partial charge in [0, 0.05) is 21.7 Å². The number of hydrogen-bond acceptors (Lipinski definition) is 2. The summed E-state index contributed by atoms with van der Waals surface area (Å²) in [5.74, 6) is 0.486. The molecule has 0 aliphatic carbocycles. The number of halogens is 2. The highest BCUT2D eigenvalue weighted by molar-refractivity contribution is 14.1. The van der Waals surface area contributed by atoms with E-state index in [0.717, 1.165) is 16.9 Å². The molecule has 112 valence electrons. The first-order valence-electron chi connectivity index (χ1n) is 6.93. The molecular formula is C17H19FINO. The van der Waals surface area contributed by atoms with Gasteiger partial charge in [-0.05, 0) is 58.5 Å². The Morgan fingerprint density at radius 1 is 1.14 bits per heavy atom. The molecule has 1 N–H and O–H groups in total. The van der Waals surface area contributed by atoms with Crippen LogP contribution in [0.2, 0.25) is 0 Å². The predicted octanol–water partition coefficient (Wildman–Crippen LogP) is 4.51. The van der Waals surface area contributed by atoms with Gasteiger partial charge in [-0.15, -0.1) is 0 Å². The topological polar surface area (TPSA) is 21.3 Å². The molecule has 0 amide bonds. The minimum atomic E-state index is -0.239. The fourth-order valence-electron chi connectivity index (χ4n) is 1.88. The second-order valence-corrected chi connectivity index (χ2v) is 6.45. The summed E-state index contributed by atoms with van der Waals surface area (Å²) in [4.78, 5) is 0. The van der Waals surface area contributed by atoms with Gasteiger partial charge in [0.25, 0.3) is 0 Å². The van der Waals surface area contributed by atoms with E-state index in [4.69, 9.17) is 4.74 Å². The molecule has 21 heavy (non-hydrogen) atoms. The smallest absolute Gasteiger partial charge is 0.124 e. The van der Waals surface area contributed by atoms with E-state index in [1.54, 1.807) is 6.07 Å². The lowest BCUT2D eigenvalue weighted by molar-refractivity contribution is 0.301. The van der Waals surface area contributed by atoms with Crippen LogP contribution >= 0.6 is 22.6 Å². The Morgan fingerprint density at radius 2 is 1.86 bits per heavy atom. The molecule has 2 nitrogen and oxygen atoms in total. The van der Waals surface area contributed by atoms with Crippen LogP contribution < -0.4 is 10.1 Å². The van der Waals surface area contributed by atoms with E-state index < -0.39 is 0 Å². The first-order chi connectivity index (χ1) is 10.0. The summed E-state index contributed by atoms with van der Waals surface area (Å²) in [5, 5.41) is 3.29. The number of nitrogens with one attached hydrogen (secondary N) is 1. The largest absolute Gasteiger partial charge is 0.489 e. The molecule has 0 aliphatic rings. The third-order valence-corrected chi connectivity index (χ3v) is 3.75. The molecule has 4 heteroatoms. The van der Waals surface area contributed by atoms with Crippen molar-refractivity contribution in [2.75, 3.05) is 0 Å². The van der Waals surface area contributed by atoms with E-state index >= 15 is 0 Å². The molecule has 2 aromatic rings. The van der Waals surface area contributed by atoms with Gasteiger partial charge in [-0.1, -0.05) is 26.0 Å². The average molecular weight is 399 g/mol. The van der Waals surface area contributed by atoms with Crippen molar-refractivity contribution >= 4 is 22.6 Å². The molecule has 0 heterocycles. The lowest BCUT2D eigenvalue weighted by Crippen LogP contribution is -2.22. The van der Waals surface area contributed by atoms with Crippen molar-refractivity contribution in [2.24, 2.45) is 0 Å². The normalized spacial score (nSPS) is 10.9. The number of ether oxygens (including phenoxy) is 1. The van der Waals surface area contributed by atoms with Gasteiger partial charge in [-0.2, -0.15) is 0 Å². The van der Waals surface area contributed by atoms with Crippen molar-refractivity contribution in [1.29, 1.82) is 0 Å². The summed E-state index contributed by atoms with van der Waals surface area (Å²) >= 11 is 2.27. The molecule has 0 unspecified atom stereocenters. The Bertz CT molecular complexity index is 584. The van der Waals surface area contributed by atoms with Crippen LogP contribution in [-0.4, -0.2) is 6.04 Å². The third kappa shape index (κ3) is 5.28. The van der Waals surface area contributed by atoms with Crippen molar-refractivity contribution in [1.82, 2.24) is 5.32 Å². The molecule has 0 aliphatic heterocycles. The van der Waals surface area contributed by atoms with Crippen molar-refractivity contribution in [3.8, 4) is 5.75 Å². The van der Waals surface area contributed by atoms with Gasteiger partial charge in [0.1, 0.15) is 18.2 Å². The van der Waals surface area contributed by atoms with Crippen LogP contribution in [0.3, 0.4) is 0 Å². The molecule has 0 bridgehead atoms. The molecule has 0 saturated carbocycles. The van der Waals surface area contributed by atoms with E-state index in [0.29, 0.717) is 19.2 Å². The molecule has 0 atom stereocenters. The van der Waals surface area contributed by atoms with Gasteiger partial charge in [-0.3, -0.25) is 0 Å². The molecule has 0 aromatic heterocycles. The van der Waals surface area contributed by atoms with Gasteiger partial charge in [0.05, 0.1) is 0 Å². The highest BCUT2D eigenvalue weighted by Gasteiger charge is 2.07. The average Bonchev–Trinajstić information content (AvgIpc) is 2.45. The zero-order valence-corrected chi connectivity index (χ0v) is 14.4. The van der Waals surface area contributed by atoms with Crippen LogP contribution in [0.5, 0.6) is 5.75 Å². The highest BCUT2D eigenvalue weighted by Crippen LogP contribution is 2.21. The second-order valence-electron chi connectivity index (χ2n) is 5.20. The maximum atomic E-state index is 13.4. The predicted molar refractivity (Wildman–Crippen MR) is 91.9 cm³/mol. The van der Waals surface area contributed by atoms with Crippen molar-refractivity contribution in [2.45, 2.75) is 33.0 Å². The maximum absolute atomic E-state index is 13.4. The summed E-state index contributed by atoms with van der Waals surface area (Å²) in [6, 6.07) is 13.2. The van der Waals surface area contributed by atoms with E-state index in [9.17, 15) is 4.39 Å². The highest BCUT2D eigenvalue weighted by atomic mass is 127. The quantitative estimate of drug-likeness (QED) is 0.722. The van der Waals surface area contributed by atoms with Crippen LogP contribution in [0.25, 0.3) is 0 Å². The third-order valence-electron chi connectivity index (χ3n) is 3.03. The van der Waals surface area contributed by atoms with E-state index in [-0.39, 0.29) is 5.82 Å². The Morgan fingerprint density at radius 3 is 2.52 bits per heavy atom.